The number of hydrogen-bond acceptors (Lipinski definition) is 1. The van der Waals surface area contributed by atoms with E-state index in [9.17, 15) is 4.39 Å². The Balaban J connectivity index is 2.78. The summed E-state index contributed by atoms with van der Waals surface area (Å²) in [7, 11) is 0. The first-order valence-corrected chi connectivity index (χ1v) is 5.48. The molecule has 1 aromatic rings. The molecular formula is C11H12BrFO. The van der Waals surface area contributed by atoms with Crippen molar-refractivity contribution < 1.29 is 9.13 Å². The van der Waals surface area contributed by atoms with Gasteiger partial charge in [0.1, 0.15) is 6.61 Å². The second-order valence-corrected chi connectivity index (χ2v) is 3.60. The van der Waals surface area contributed by atoms with Gasteiger partial charge in [0.05, 0.1) is 0 Å². The van der Waals surface area contributed by atoms with Crippen molar-refractivity contribution in [1.29, 1.82) is 0 Å². The maximum Gasteiger partial charge on any atom is 0.165 e. The monoisotopic (exact) mass is 258 g/mol. The lowest BCUT2D eigenvalue weighted by molar-refractivity contribution is 0.341. The first-order valence-electron chi connectivity index (χ1n) is 4.36. The Labute approximate surface area is 91.7 Å². The summed E-state index contributed by atoms with van der Waals surface area (Å²) in [4.78, 5) is 0. The number of halogens is 2. The zero-order valence-electron chi connectivity index (χ0n) is 7.80. The van der Waals surface area contributed by atoms with Gasteiger partial charge in [0, 0.05) is 5.33 Å². The minimum Gasteiger partial charge on any atom is -0.486 e. The molecule has 0 aromatic heterocycles. The zero-order valence-corrected chi connectivity index (χ0v) is 9.39. The van der Waals surface area contributed by atoms with E-state index in [1.165, 1.54) is 6.07 Å². The smallest absolute Gasteiger partial charge is 0.165 e. The van der Waals surface area contributed by atoms with Crippen LogP contribution in [0.2, 0.25) is 0 Å². The molecule has 0 saturated heterocycles. The van der Waals surface area contributed by atoms with Crippen LogP contribution < -0.4 is 4.74 Å². The molecular weight excluding hydrogens is 247 g/mol. The predicted octanol–water partition coefficient (Wildman–Crippen LogP) is 3.33. The van der Waals surface area contributed by atoms with E-state index < -0.39 is 0 Å². The lowest BCUT2D eigenvalue weighted by atomic mass is 10.1. The average molecular weight is 259 g/mol. The Morgan fingerprint density at radius 2 is 2.29 bits per heavy atom. The van der Waals surface area contributed by atoms with E-state index in [0.29, 0.717) is 12.4 Å². The summed E-state index contributed by atoms with van der Waals surface area (Å²) < 4.78 is 18.3. The van der Waals surface area contributed by atoms with Gasteiger partial charge in [0.2, 0.25) is 0 Å². The van der Waals surface area contributed by atoms with Crippen molar-refractivity contribution in [3.63, 3.8) is 0 Å². The molecule has 1 aromatic carbocycles. The normalized spacial score (nSPS) is 9.86. The summed E-state index contributed by atoms with van der Waals surface area (Å²) in [5.74, 6) is -0.0338. The maximum atomic E-state index is 13.2. The molecule has 0 aliphatic rings. The van der Waals surface area contributed by atoms with Crippen LogP contribution in [0.25, 0.3) is 0 Å². The number of ether oxygens (including phenoxy) is 1. The minimum atomic E-state index is -0.329. The first-order chi connectivity index (χ1) is 6.77. The molecule has 0 amide bonds. The van der Waals surface area contributed by atoms with Crippen molar-refractivity contribution in [2.75, 3.05) is 11.9 Å². The van der Waals surface area contributed by atoms with E-state index in [1.54, 1.807) is 18.2 Å². The topological polar surface area (TPSA) is 9.23 Å². The standard InChI is InChI=1S/C11H12BrFO/c1-2-7-14-11-8-9(5-6-12)3-4-10(11)13/h2-4,8H,1,5-7H2. The summed E-state index contributed by atoms with van der Waals surface area (Å²) in [6.45, 7) is 3.84. The quantitative estimate of drug-likeness (QED) is 0.582. The average Bonchev–Trinajstić information content (AvgIpc) is 2.19. The third kappa shape index (κ3) is 3.14. The molecule has 0 spiro atoms. The molecule has 0 aliphatic carbocycles. The molecule has 0 unspecified atom stereocenters. The molecule has 0 atom stereocenters. The second kappa shape index (κ2) is 5.81. The number of rotatable bonds is 5. The maximum absolute atomic E-state index is 13.2. The molecule has 1 nitrogen and oxygen atoms in total. The van der Waals surface area contributed by atoms with Crippen LogP contribution in [-0.2, 0) is 6.42 Å². The highest BCUT2D eigenvalue weighted by molar-refractivity contribution is 9.09. The molecule has 3 heteroatoms. The van der Waals surface area contributed by atoms with Crippen LogP contribution in [0, 0.1) is 5.82 Å². The first kappa shape index (κ1) is 11.2. The number of hydrogen-bond donors (Lipinski definition) is 0. The summed E-state index contributed by atoms with van der Waals surface area (Å²) in [6.07, 6.45) is 2.46. The van der Waals surface area contributed by atoms with Gasteiger partial charge in [-0.1, -0.05) is 34.7 Å². The molecule has 0 aliphatic heterocycles. The van der Waals surface area contributed by atoms with Gasteiger partial charge >= 0.3 is 0 Å². The van der Waals surface area contributed by atoms with Gasteiger partial charge in [-0.25, -0.2) is 4.39 Å². The predicted molar refractivity (Wildman–Crippen MR) is 59.6 cm³/mol. The minimum absolute atomic E-state index is 0.295. The van der Waals surface area contributed by atoms with Crippen LogP contribution in [0.1, 0.15) is 5.56 Å². The molecule has 0 radical (unpaired) electrons. The van der Waals surface area contributed by atoms with Gasteiger partial charge in [0.15, 0.2) is 11.6 Å². The van der Waals surface area contributed by atoms with Gasteiger partial charge in [-0.2, -0.15) is 0 Å². The highest BCUT2D eigenvalue weighted by Gasteiger charge is 2.03. The molecule has 0 saturated carbocycles. The molecule has 14 heavy (non-hydrogen) atoms. The van der Waals surface area contributed by atoms with Crippen LogP contribution in [0.3, 0.4) is 0 Å². The van der Waals surface area contributed by atoms with Crippen LogP contribution in [-0.4, -0.2) is 11.9 Å². The fourth-order valence-electron chi connectivity index (χ4n) is 1.07. The number of benzene rings is 1. The Bertz CT molecular complexity index is 312. The molecule has 0 N–H and O–H groups in total. The molecule has 1 rings (SSSR count). The second-order valence-electron chi connectivity index (χ2n) is 2.80. The highest BCUT2D eigenvalue weighted by atomic mass is 79.9. The third-order valence-electron chi connectivity index (χ3n) is 1.74. The van der Waals surface area contributed by atoms with E-state index >= 15 is 0 Å². The largest absolute Gasteiger partial charge is 0.486 e. The molecule has 0 fully saturated rings. The fourth-order valence-corrected chi connectivity index (χ4v) is 1.53. The lowest BCUT2D eigenvalue weighted by Gasteiger charge is -2.06. The van der Waals surface area contributed by atoms with Crippen molar-refractivity contribution in [1.82, 2.24) is 0 Å². The SMILES string of the molecule is C=CCOc1cc(CCBr)ccc1F. The summed E-state index contributed by atoms with van der Waals surface area (Å²) in [5.41, 5.74) is 1.06. The van der Waals surface area contributed by atoms with E-state index in [0.717, 1.165) is 17.3 Å². The van der Waals surface area contributed by atoms with Gasteiger partial charge < -0.3 is 4.74 Å². The van der Waals surface area contributed by atoms with Crippen molar-refractivity contribution in [2.24, 2.45) is 0 Å². The van der Waals surface area contributed by atoms with Crippen molar-refractivity contribution in [3.05, 3.63) is 42.2 Å². The molecule has 0 bridgehead atoms. The van der Waals surface area contributed by atoms with Crippen LogP contribution in [0.15, 0.2) is 30.9 Å². The van der Waals surface area contributed by atoms with Crippen LogP contribution in [0.5, 0.6) is 5.75 Å². The highest BCUT2D eigenvalue weighted by Crippen LogP contribution is 2.19. The fraction of sp³-hybridized carbons (Fsp3) is 0.273. The summed E-state index contributed by atoms with van der Waals surface area (Å²) >= 11 is 3.33. The Morgan fingerprint density at radius 3 is 2.93 bits per heavy atom. The van der Waals surface area contributed by atoms with Crippen molar-refractivity contribution >= 4 is 15.9 Å². The van der Waals surface area contributed by atoms with E-state index in [2.05, 4.69) is 22.5 Å². The Morgan fingerprint density at radius 1 is 1.50 bits per heavy atom. The van der Waals surface area contributed by atoms with Crippen LogP contribution >= 0.6 is 15.9 Å². The van der Waals surface area contributed by atoms with Gasteiger partial charge in [0.25, 0.3) is 0 Å². The lowest BCUT2D eigenvalue weighted by Crippen LogP contribution is -1.97. The number of alkyl halides is 1. The molecule has 76 valence electrons. The van der Waals surface area contributed by atoms with Crippen molar-refractivity contribution in [3.8, 4) is 5.75 Å². The van der Waals surface area contributed by atoms with Crippen LogP contribution in [0.4, 0.5) is 4.39 Å². The Kier molecular flexibility index (Phi) is 4.66. The van der Waals surface area contributed by atoms with E-state index in [-0.39, 0.29) is 5.82 Å². The van der Waals surface area contributed by atoms with E-state index in [1.807, 2.05) is 0 Å². The third-order valence-corrected chi connectivity index (χ3v) is 2.13. The van der Waals surface area contributed by atoms with E-state index in [4.69, 9.17) is 4.74 Å². The van der Waals surface area contributed by atoms with Gasteiger partial charge in [-0.3, -0.25) is 0 Å². The van der Waals surface area contributed by atoms with Gasteiger partial charge in [-0.15, -0.1) is 0 Å². The zero-order chi connectivity index (χ0) is 10.4. The van der Waals surface area contributed by atoms with Gasteiger partial charge in [-0.05, 0) is 24.1 Å². The van der Waals surface area contributed by atoms with Crippen molar-refractivity contribution in [2.45, 2.75) is 6.42 Å². The summed E-state index contributed by atoms with van der Waals surface area (Å²) in [5, 5.41) is 0.861. The Hall–Kier alpha value is -0.830. The molecule has 0 heterocycles. The summed E-state index contributed by atoms with van der Waals surface area (Å²) in [6, 6.07) is 4.91. The number of aryl methyl sites for hydroxylation is 1.